The van der Waals surface area contributed by atoms with Crippen molar-refractivity contribution in [2.24, 2.45) is 5.92 Å². The fraction of sp³-hybridized carbons (Fsp3) is 0.556. The second-order valence-corrected chi connectivity index (χ2v) is 3.60. The summed E-state index contributed by atoms with van der Waals surface area (Å²) in [6.45, 7) is 2.20. The Morgan fingerprint density at radius 2 is 2.46 bits per heavy atom. The van der Waals surface area contributed by atoms with E-state index >= 15 is 0 Å². The van der Waals surface area contributed by atoms with E-state index in [1.165, 1.54) is 25.2 Å². The van der Waals surface area contributed by atoms with Crippen LogP contribution in [-0.4, -0.2) is 16.0 Å². The van der Waals surface area contributed by atoms with Gasteiger partial charge in [0, 0.05) is 12.1 Å². The predicted molar refractivity (Wildman–Crippen MR) is 50.7 cm³/mol. The minimum atomic E-state index is -0.107. The fourth-order valence-corrected chi connectivity index (χ4v) is 1.52. The molecule has 2 atom stereocenters. The van der Waals surface area contributed by atoms with Gasteiger partial charge in [-0.25, -0.2) is 4.98 Å². The Morgan fingerprint density at radius 3 is 3.00 bits per heavy atom. The van der Waals surface area contributed by atoms with Crippen LogP contribution in [0.15, 0.2) is 17.2 Å². The van der Waals surface area contributed by atoms with Crippen molar-refractivity contribution in [3.8, 4) is 0 Å². The third-order valence-corrected chi connectivity index (χ3v) is 2.63. The summed E-state index contributed by atoms with van der Waals surface area (Å²) >= 11 is 0. The van der Waals surface area contributed by atoms with E-state index in [-0.39, 0.29) is 5.56 Å². The molecule has 4 nitrogen and oxygen atoms in total. The van der Waals surface area contributed by atoms with E-state index in [1.54, 1.807) is 0 Å². The molecule has 1 fully saturated rings. The molecule has 1 aliphatic carbocycles. The van der Waals surface area contributed by atoms with Gasteiger partial charge < -0.3 is 10.3 Å². The van der Waals surface area contributed by atoms with Crippen LogP contribution in [0.4, 0.5) is 5.82 Å². The number of hydrogen-bond acceptors (Lipinski definition) is 3. The van der Waals surface area contributed by atoms with Gasteiger partial charge in [0.15, 0.2) is 0 Å². The monoisotopic (exact) mass is 179 g/mol. The Labute approximate surface area is 76.4 Å². The minimum absolute atomic E-state index is 0.107. The predicted octanol–water partition coefficient (Wildman–Crippen LogP) is 0.980. The van der Waals surface area contributed by atoms with Crippen LogP contribution in [0.2, 0.25) is 0 Å². The number of aromatic nitrogens is 2. The van der Waals surface area contributed by atoms with Crippen molar-refractivity contribution >= 4 is 5.82 Å². The quantitative estimate of drug-likeness (QED) is 0.711. The van der Waals surface area contributed by atoms with E-state index in [1.807, 2.05) is 0 Å². The Balaban J connectivity index is 2.05. The largest absolute Gasteiger partial charge is 0.367 e. The molecule has 0 aliphatic heterocycles. The van der Waals surface area contributed by atoms with Gasteiger partial charge in [0.1, 0.15) is 5.82 Å². The number of nitrogens with zero attached hydrogens (tertiary/aromatic N) is 1. The van der Waals surface area contributed by atoms with Gasteiger partial charge in [0.05, 0.1) is 6.33 Å². The Morgan fingerprint density at radius 1 is 1.62 bits per heavy atom. The van der Waals surface area contributed by atoms with E-state index in [0.717, 1.165) is 0 Å². The first-order valence-corrected chi connectivity index (χ1v) is 4.57. The molecule has 0 radical (unpaired) electrons. The molecule has 1 saturated carbocycles. The summed E-state index contributed by atoms with van der Waals surface area (Å²) in [5.41, 5.74) is -0.107. The van der Waals surface area contributed by atoms with Crippen LogP contribution in [0.25, 0.3) is 0 Å². The lowest BCUT2D eigenvalue weighted by Crippen LogP contribution is -2.36. The standard InChI is InChI=1S/C9H13N3O/c1-6-2-3-7(6)12-8-4-9(13)11-5-10-8/h4-7H,2-3H2,1H3,(H2,10,11,12,13). The highest BCUT2D eigenvalue weighted by Gasteiger charge is 2.26. The molecule has 1 heterocycles. The van der Waals surface area contributed by atoms with Gasteiger partial charge in [0.25, 0.3) is 5.56 Å². The van der Waals surface area contributed by atoms with E-state index in [4.69, 9.17) is 0 Å². The van der Waals surface area contributed by atoms with Crippen molar-refractivity contribution in [2.75, 3.05) is 5.32 Å². The van der Waals surface area contributed by atoms with Crippen molar-refractivity contribution in [1.29, 1.82) is 0 Å². The van der Waals surface area contributed by atoms with Gasteiger partial charge in [-0.05, 0) is 18.8 Å². The second-order valence-electron chi connectivity index (χ2n) is 3.60. The zero-order valence-electron chi connectivity index (χ0n) is 7.58. The first-order valence-electron chi connectivity index (χ1n) is 4.57. The molecule has 1 aliphatic rings. The third kappa shape index (κ3) is 1.71. The van der Waals surface area contributed by atoms with Crippen LogP contribution in [-0.2, 0) is 0 Å². The second kappa shape index (κ2) is 3.20. The van der Waals surface area contributed by atoms with E-state index in [2.05, 4.69) is 22.2 Å². The molecule has 2 unspecified atom stereocenters. The third-order valence-electron chi connectivity index (χ3n) is 2.63. The van der Waals surface area contributed by atoms with E-state index in [0.29, 0.717) is 17.8 Å². The molecular formula is C9H13N3O. The normalized spacial score (nSPS) is 26.5. The number of hydrogen-bond donors (Lipinski definition) is 2. The van der Waals surface area contributed by atoms with Crippen LogP contribution in [0.3, 0.4) is 0 Å². The molecule has 2 rings (SSSR count). The number of H-pyrrole nitrogens is 1. The van der Waals surface area contributed by atoms with Gasteiger partial charge >= 0.3 is 0 Å². The maximum absolute atomic E-state index is 10.9. The van der Waals surface area contributed by atoms with Crippen LogP contribution < -0.4 is 10.9 Å². The van der Waals surface area contributed by atoms with Crippen LogP contribution >= 0.6 is 0 Å². The number of rotatable bonds is 2. The Bertz CT molecular complexity index is 347. The first-order chi connectivity index (χ1) is 6.25. The zero-order valence-corrected chi connectivity index (χ0v) is 7.58. The topological polar surface area (TPSA) is 57.8 Å². The highest BCUT2D eigenvalue weighted by Crippen LogP contribution is 2.28. The summed E-state index contributed by atoms with van der Waals surface area (Å²) in [6.07, 6.45) is 3.87. The maximum atomic E-state index is 10.9. The SMILES string of the molecule is CC1CCC1Nc1cc(=O)[nH]cn1. The molecule has 1 aromatic heterocycles. The highest BCUT2D eigenvalue weighted by atomic mass is 16.1. The molecular weight excluding hydrogens is 166 g/mol. The van der Waals surface area contributed by atoms with Crippen molar-refractivity contribution < 1.29 is 0 Å². The lowest BCUT2D eigenvalue weighted by Gasteiger charge is -2.34. The molecule has 70 valence electrons. The molecule has 1 aromatic rings. The molecule has 0 spiro atoms. The van der Waals surface area contributed by atoms with Crippen molar-refractivity contribution in [3.05, 3.63) is 22.7 Å². The summed E-state index contributed by atoms with van der Waals surface area (Å²) in [5, 5.41) is 3.24. The summed E-state index contributed by atoms with van der Waals surface area (Å²) in [5.74, 6) is 1.38. The molecule has 0 saturated heterocycles. The lowest BCUT2D eigenvalue weighted by atomic mass is 9.81. The van der Waals surface area contributed by atoms with Gasteiger partial charge in [-0.2, -0.15) is 0 Å². The maximum Gasteiger partial charge on any atom is 0.252 e. The zero-order chi connectivity index (χ0) is 9.26. The molecule has 0 amide bonds. The summed E-state index contributed by atoms with van der Waals surface area (Å²) < 4.78 is 0. The molecule has 13 heavy (non-hydrogen) atoms. The van der Waals surface area contributed by atoms with Crippen LogP contribution in [0.1, 0.15) is 19.8 Å². The summed E-state index contributed by atoms with van der Waals surface area (Å²) in [7, 11) is 0. The summed E-state index contributed by atoms with van der Waals surface area (Å²) in [6, 6.07) is 1.99. The van der Waals surface area contributed by atoms with Crippen LogP contribution in [0, 0.1) is 5.92 Å². The van der Waals surface area contributed by atoms with Gasteiger partial charge in [-0.15, -0.1) is 0 Å². The number of nitrogens with one attached hydrogen (secondary N) is 2. The highest BCUT2D eigenvalue weighted by molar-refractivity contribution is 5.34. The van der Waals surface area contributed by atoms with Crippen molar-refractivity contribution in [3.63, 3.8) is 0 Å². The van der Waals surface area contributed by atoms with Gasteiger partial charge in [-0.1, -0.05) is 6.92 Å². The molecule has 0 bridgehead atoms. The minimum Gasteiger partial charge on any atom is -0.367 e. The van der Waals surface area contributed by atoms with Crippen molar-refractivity contribution in [1.82, 2.24) is 9.97 Å². The molecule has 2 N–H and O–H groups in total. The number of aromatic amines is 1. The van der Waals surface area contributed by atoms with Gasteiger partial charge in [0.2, 0.25) is 0 Å². The number of anilines is 1. The Hall–Kier alpha value is -1.32. The van der Waals surface area contributed by atoms with E-state index < -0.39 is 0 Å². The van der Waals surface area contributed by atoms with E-state index in [9.17, 15) is 4.79 Å². The lowest BCUT2D eigenvalue weighted by molar-refractivity contribution is 0.303. The Kier molecular flexibility index (Phi) is 2.04. The van der Waals surface area contributed by atoms with Crippen LogP contribution in [0.5, 0.6) is 0 Å². The average molecular weight is 179 g/mol. The summed E-state index contributed by atoms with van der Waals surface area (Å²) in [4.78, 5) is 17.4. The molecule has 4 heteroatoms. The van der Waals surface area contributed by atoms with Crippen molar-refractivity contribution in [2.45, 2.75) is 25.8 Å². The fourth-order valence-electron chi connectivity index (χ4n) is 1.52. The average Bonchev–Trinajstić information content (AvgIpc) is 2.12. The first kappa shape index (κ1) is 8.29. The molecule has 0 aromatic carbocycles. The smallest absolute Gasteiger partial charge is 0.252 e. The van der Waals surface area contributed by atoms with Gasteiger partial charge in [-0.3, -0.25) is 4.79 Å².